The Morgan fingerprint density at radius 2 is 2.05 bits per heavy atom. The second-order valence-electron chi connectivity index (χ2n) is 4.89. The Balaban J connectivity index is 2.67. The van der Waals surface area contributed by atoms with Crippen molar-refractivity contribution in [3.05, 3.63) is 18.0 Å². The van der Waals surface area contributed by atoms with Gasteiger partial charge in [-0.2, -0.15) is 18.3 Å². The SMILES string of the molecule is CC(C)[C@H](NC(=O)c1cnn(CCC(F)(F)F)c1)C(=O)O. The maximum atomic E-state index is 12.1. The highest BCUT2D eigenvalue weighted by Gasteiger charge is 2.27. The van der Waals surface area contributed by atoms with E-state index in [1.807, 2.05) is 0 Å². The minimum Gasteiger partial charge on any atom is -0.480 e. The van der Waals surface area contributed by atoms with Crippen molar-refractivity contribution in [1.82, 2.24) is 15.1 Å². The van der Waals surface area contributed by atoms with Gasteiger partial charge in [-0.3, -0.25) is 9.48 Å². The minimum atomic E-state index is -4.31. The third kappa shape index (κ3) is 5.44. The zero-order valence-corrected chi connectivity index (χ0v) is 11.5. The highest BCUT2D eigenvalue weighted by atomic mass is 19.4. The van der Waals surface area contributed by atoms with Crippen LogP contribution in [0.5, 0.6) is 0 Å². The van der Waals surface area contributed by atoms with E-state index in [4.69, 9.17) is 5.11 Å². The number of alkyl halides is 3. The number of carbonyl (C=O) groups excluding carboxylic acids is 1. The van der Waals surface area contributed by atoms with Gasteiger partial charge in [0.25, 0.3) is 5.91 Å². The molecule has 0 aliphatic heterocycles. The molecule has 1 heterocycles. The summed E-state index contributed by atoms with van der Waals surface area (Å²) in [6.45, 7) is 2.86. The van der Waals surface area contributed by atoms with E-state index in [1.54, 1.807) is 13.8 Å². The van der Waals surface area contributed by atoms with Crippen LogP contribution in [0, 0.1) is 5.92 Å². The molecule has 0 aliphatic carbocycles. The first-order valence-corrected chi connectivity index (χ1v) is 6.23. The molecule has 2 N–H and O–H groups in total. The van der Waals surface area contributed by atoms with Gasteiger partial charge in [0, 0.05) is 12.7 Å². The summed E-state index contributed by atoms with van der Waals surface area (Å²) in [6.07, 6.45) is -3.11. The number of rotatable bonds is 6. The number of amides is 1. The van der Waals surface area contributed by atoms with Crippen LogP contribution in [0.3, 0.4) is 0 Å². The smallest absolute Gasteiger partial charge is 0.390 e. The van der Waals surface area contributed by atoms with Crippen molar-refractivity contribution >= 4 is 11.9 Å². The van der Waals surface area contributed by atoms with Crippen LogP contribution < -0.4 is 5.32 Å². The third-order valence-corrected chi connectivity index (χ3v) is 2.74. The Labute approximate surface area is 118 Å². The lowest BCUT2D eigenvalue weighted by molar-refractivity contribution is -0.140. The number of nitrogens with zero attached hydrogens (tertiary/aromatic N) is 2. The van der Waals surface area contributed by atoms with Crippen LogP contribution in [0.1, 0.15) is 30.6 Å². The van der Waals surface area contributed by atoms with E-state index in [-0.39, 0.29) is 11.5 Å². The van der Waals surface area contributed by atoms with Gasteiger partial charge in [-0.25, -0.2) is 4.79 Å². The summed E-state index contributed by atoms with van der Waals surface area (Å²) in [5.74, 6) is -2.19. The van der Waals surface area contributed by atoms with E-state index in [2.05, 4.69) is 10.4 Å². The zero-order valence-electron chi connectivity index (χ0n) is 11.5. The van der Waals surface area contributed by atoms with Crippen LogP contribution in [0.25, 0.3) is 0 Å². The van der Waals surface area contributed by atoms with Gasteiger partial charge >= 0.3 is 12.1 Å². The Kier molecular flexibility index (Phi) is 5.34. The van der Waals surface area contributed by atoms with Gasteiger partial charge in [-0.05, 0) is 5.92 Å². The zero-order chi connectivity index (χ0) is 16.2. The Morgan fingerprint density at radius 3 is 2.52 bits per heavy atom. The van der Waals surface area contributed by atoms with E-state index < -0.39 is 37.1 Å². The van der Waals surface area contributed by atoms with Crippen LogP contribution in [0.2, 0.25) is 0 Å². The van der Waals surface area contributed by atoms with Crippen LogP contribution in [0.15, 0.2) is 12.4 Å². The van der Waals surface area contributed by atoms with E-state index in [9.17, 15) is 22.8 Å². The molecule has 1 aromatic heterocycles. The van der Waals surface area contributed by atoms with E-state index in [0.717, 1.165) is 17.1 Å². The number of hydrogen-bond acceptors (Lipinski definition) is 3. The van der Waals surface area contributed by atoms with Crippen LogP contribution in [0.4, 0.5) is 13.2 Å². The number of carboxylic acid groups (broad SMARTS) is 1. The summed E-state index contributed by atoms with van der Waals surface area (Å²) in [6, 6.07) is -1.07. The fraction of sp³-hybridized carbons (Fsp3) is 0.583. The van der Waals surface area contributed by atoms with Gasteiger partial charge in [0.2, 0.25) is 0 Å². The number of carboxylic acids is 1. The molecule has 0 bridgehead atoms. The largest absolute Gasteiger partial charge is 0.480 e. The second-order valence-corrected chi connectivity index (χ2v) is 4.89. The van der Waals surface area contributed by atoms with Gasteiger partial charge in [-0.15, -0.1) is 0 Å². The minimum absolute atomic E-state index is 0.0177. The molecule has 0 aromatic carbocycles. The predicted octanol–water partition coefficient (Wildman–Crippen LogP) is 1.67. The number of aryl methyl sites for hydroxylation is 1. The quantitative estimate of drug-likeness (QED) is 0.837. The van der Waals surface area contributed by atoms with E-state index in [0.29, 0.717) is 0 Å². The summed E-state index contributed by atoms with van der Waals surface area (Å²) in [4.78, 5) is 22.8. The lowest BCUT2D eigenvalue weighted by Gasteiger charge is -2.17. The van der Waals surface area contributed by atoms with Gasteiger partial charge in [0.15, 0.2) is 0 Å². The van der Waals surface area contributed by atoms with Crippen molar-refractivity contribution in [2.75, 3.05) is 0 Å². The van der Waals surface area contributed by atoms with Crippen molar-refractivity contribution in [2.24, 2.45) is 5.92 Å². The van der Waals surface area contributed by atoms with Crippen molar-refractivity contribution in [3.8, 4) is 0 Å². The van der Waals surface area contributed by atoms with Gasteiger partial charge in [0.05, 0.1) is 18.2 Å². The molecule has 0 aliphatic rings. The molecule has 0 saturated heterocycles. The van der Waals surface area contributed by atoms with Gasteiger partial charge in [0.1, 0.15) is 6.04 Å². The lowest BCUT2D eigenvalue weighted by Crippen LogP contribution is -2.44. The maximum absolute atomic E-state index is 12.1. The first kappa shape index (κ1) is 17.0. The molecule has 118 valence electrons. The number of aliphatic carboxylic acids is 1. The Hall–Kier alpha value is -2.06. The lowest BCUT2D eigenvalue weighted by atomic mass is 10.0. The van der Waals surface area contributed by atoms with E-state index >= 15 is 0 Å². The molecule has 1 aromatic rings. The summed E-state index contributed by atoms with van der Waals surface area (Å²) >= 11 is 0. The normalized spacial score (nSPS) is 13.2. The molecule has 9 heteroatoms. The molecule has 6 nitrogen and oxygen atoms in total. The molecule has 0 unspecified atom stereocenters. The molecule has 0 fully saturated rings. The molecule has 0 radical (unpaired) electrons. The Morgan fingerprint density at radius 1 is 1.43 bits per heavy atom. The summed E-state index contributed by atoms with van der Waals surface area (Å²) in [7, 11) is 0. The van der Waals surface area contributed by atoms with E-state index in [1.165, 1.54) is 0 Å². The summed E-state index contributed by atoms with van der Waals surface area (Å²) in [5.41, 5.74) is 0.0177. The fourth-order valence-corrected chi connectivity index (χ4v) is 1.58. The average molecular weight is 307 g/mol. The molecule has 21 heavy (non-hydrogen) atoms. The second kappa shape index (κ2) is 6.59. The summed E-state index contributed by atoms with van der Waals surface area (Å²) < 4.78 is 37.2. The highest BCUT2D eigenvalue weighted by Crippen LogP contribution is 2.20. The standard InChI is InChI=1S/C12H16F3N3O3/c1-7(2)9(11(20)21)17-10(19)8-5-16-18(6-8)4-3-12(13,14)15/h5-7,9H,3-4H2,1-2H3,(H,17,19)(H,20,21)/t9-/m0/s1. The Bertz CT molecular complexity index is 511. The molecular weight excluding hydrogens is 291 g/mol. The maximum Gasteiger partial charge on any atom is 0.390 e. The average Bonchev–Trinajstić information content (AvgIpc) is 2.80. The molecule has 1 amide bonds. The molecule has 0 saturated carbocycles. The van der Waals surface area contributed by atoms with Crippen LogP contribution >= 0.6 is 0 Å². The summed E-state index contributed by atoms with van der Waals surface area (Å²) in [5, 5.41) is 14.9. The van der Waals surface area contributed by atoms with Crippen molar-refractivity contribution < 1.29 is 27.9 Å². The fourth-order valence-electron chi connectivity index (χ4n) is 1.58. The number of hydrogen-bond donors (Lipinski definition) is 2. The monoisotopic (exact) mass is 307 g/mol. The number of nitrogens with one attached hydrogen (secondary N) is 1. The van der Waals surface area contributed by atoms with Crippen molar-refractivity contribution in [3.63, 3.8) is 0 Å². The van der Waals surface area contributed by atoms with Gasteiger partial charge in [-0.1, -0.05) is 13.8 Å². The predicted molar refractivity (Wildman–Crippen MR) is 66.6 cm³/mol. The van der Waals surface area contributed by atoms with Crippen molar-refractivity contribution in [2.45, 2.75) is 39.0 Å². The number of halogens is 3. The molecular formula is C12H16F3N3O3. The first-order chi connectivity index (χ1) is 9.60. The van der Waals surface area contributed by atoms with Gasteiger partial charge < -0.3 is 10.4 Å². The molecule has 0 spiro atoms. The van der Waals surface area contributed by atoms with Crippen molar-refractivity contribution in [1.29, 1.82) is 0 Å². The number of aromatic nitrogens is 2. The molecule has 1 rings (SSSR count). The first-order valence-electron chi connectivity index (χ1n) is 6.23. The van der Waals surface area contributed by atoms with Crippen LogP contribution in [-0.4, -0.2) is 39.0 Å². The molecule has 1 atom stereocenters. The number of carbonyl (C=O) groups is 2. The van der Waals surface area contributed by atoms with Crippen LogP contribution in [-0.2, 0) is 11.3 Å². The highest BCUT2D eigenvalue weighted by molar-refractivity contribution is 5.96. The topological polar surface area (TPSA) is 84.2 Å². The third-order valence-electron chi connectivity index (χ3n) is 2.74.